The smallest absolute Gasteiger partial charge is 0.0878 e. The van der Waals surface area contributed by atoms with Crippen LogP contribution >= 0.6 is 11.6 Å². The first-order chi connectivity index (χ1) is 15.3. The van der Waals surface area contributed by atoms with Crippen molar-refractivity contribution in [3.63, 3.8) is 0 Å². The number of hydrogen-bond acceptors (Lipinski definition) is 3. The van der Waals surface area contributed by atoms with Crippen LogP contribution in [-0.4, -0.2) is 31.8 Å². The number of halogens is 1. The molecule has 0 spiro atoms. The van der Waals surface area contributed by atoms with Crippen LogP contribution in [0.2, 0.25) is 0 Å². The molecule has 3 saturated carbocycles. The van der Waals surface area contributed by atoms with Crippen molar-refractivity contribution in [1.29, 1.82) is 0 Å². The molecular formula is C28H34ClNO2. The maximum Gasteiger partial charge on any atom is 0.0878 e. The van der Waals surface area contributed by atoms with E-state index in [1.807, 2.05) is 12.3 Å². The summed E-state index contributed by atoms with van der Waals surface area (Å²) in [5.74, 6) is 1.18. The lowest BCUT2D eigenvalue weighted by Crippen LogP contribution is -2.62. The van der Waals surface area contributed by atoms with Gasteiger partial charge in [0.05, 0.1) is 22.1 Å². The van der Waals surface area contributed by atoms with Gasteiger partial charge in [-0.2, -0.15) is 0 Å². The largest absolute Gasteiger partial charge is 0.393 e. The topological polar surface area (TPSA) is 53.4 Å². The number of alkyl halides is 1. The molecule has 3 fully saturated rings. The van der Waals surface area contributed by atoms with E-state index in [4.69, 9.17) is 11.6 Å². The highest BCUT2D eigenvalue weighted by atomic mass is 35.5. The minimum atomic E-state index is -0.861. The maximum atomic E-state index is 12.4. The van der Waals surface area contributed by atoms with Crippen molar-refractivity contribution in [3.8, 4) is 0 Å². The zero-order valence-corrected chi connectivity index (χ0v) is 19.7. The second-order valence-corrected chi connectivity index (χ2v) is 12.1. The third-order valence-corrected chi connectivity index (χ3v) is 10.5. The lowest BCUT2D eigenvalue weighted by molar-refractivity contribution is -0.118. The minimum absolute atomic E-state index is 0.0714. The monoisotopic (exact) mass is 451 g/mol. The van der Waals surface area contributed by atoms with E-state index >= 15 is 0 Å². The Labute approximate surface area is 195 Å². The normalized spacial score (nSPS) is 43.7. The molecule has 3 nitrogen and oxygen atoms in total. The van der Waals surface area contributed by atoms with Gasteiger partial charge in [0.25, 0.3) is 0 Å². The number of rotatable bonds is 1. The zero-order chi connectivity index (χ0) is 22.1. The Morgan fingerprint density at radius 3 is 2.81 bits per heavy atom. The van der Waals surface area contributed by atoms with Crippen molar-refractivity contribution < 1.29 is 10.2 Å². The number of benzene rings is 1. The number of nitrogens with zero attached hydrogens (tertiary/aromatic N) is 1. The van der Waals surface area contributed by atoms with Crippen molar-refractivity contribution in [2.45, 2.75) is 81.3 Å². The molecule has 0 bridgehead atoms. The lowest BCUT2D eigenvalue weighted by Gasteiger charge is -2.57. The SMILES string of the molecule is CC12CCC3(Cl)CC4CC(O)CCC4CC[C@]3(O)C1CC=C2c1ccc2ncccc2c1. The summed E-state index contributed by atoms with van der Waals surface area (Å²) >= 11 is 7.43. The number of hydrogen-bond donors (Lipinski definition) is 2. The molecule has 4 aliphatic rings. The number of pyridine rings is 1. The Hall–Kier alpha value is -1.42. The van der Waals surface area contributed by atoms with E-state index in [1.165, 1.54) is 11.1 Å². The van der Waals surface area contributed by atoms with Gasteiger partial charge >= 0.3 is 0 Å². The van der Waals surface area contributed by atoms with Gasteiger partial charge in [0.1, 0.15) is 0 Å². The van der Waals surface area contributed by atoms with E-state index in [-0.39, 0.29) is 17.4 Å². The number of aromatic nitrogens is 1. The van der Waals surface area contributed by atoms with Crippen molar-refractivity contribution in [2.75, 3.05) is 0 Å². The predicted molar refractivity (Wildman–Crippen MR) is 129 cm³/mol. The van der Waals surface area contributed by atoms with Crippen LogP contribution in [-0.2, 0) is 0 Å². The Kier molecular flexibility index (Phi) is 4.81. The average molecular weight is 452 g/mol. The lowest BCUT2D eigenvalue weighted by atomic mass is 9.53. The molecule has 0 aliphatic heterocycles. The molecule has 6 rings (SSSR count). The van der Waals surface area contributed by atoms with Crippen LogP contribution in [0, 0.1) is 23.2 Å². The van der Waals surface area contributed by atoms with Crippen LogP contribution in [0.3, 0.4) is 0 Å². The molecule has 2 aromatic rings. The minimum Gasteiger partial charge on any atom is -0.393 e. The van der Waals surface area contributed by atoms with Crippen molar-refractivity contribution in [1.82, 2.24) is 4.98 Å². The fourth-order valence-electron chi connectivity index (χ4n) is 8.05. The van der Waals surface area contributed by atoms with Gasteiger partial charge in [-0.3, -0.25) is 4.98 Å². The summed E-state index contributed by atoms with van der Waals surface area (Å²) in [6.45, 7) is 2.36. The van der Waals surface area contributed by atoms with Crippen LogP contribution < -0.4 is 0 Å². The molecule has 0 amide bonds. The summed E-state index contributed by atoms with van der Waals surface area (Å²) in [7, 11) is 0. The summed E-state index contributed by atoms with van der Waals surface area (Å²) in [4.78, 5) is 3.90. The molecule has 4 heteroatoms. The van der Waals surface area contributed by atoms with Crippen LogP contribution in [0.1, 0.15) is 70.3 Å². The van der Waals surface area contributed by atoms with Crippen LogP contribution in [0.4, 0.5) is 0 Å². The molecular weight excluding hydrogens is 418 g/mol. The van der Waals surface area contributed by atoms with E-state index in [0.29, 0.717) is 11.8 Å². The first-order valence-electron chi connectivity index (χ1n) is 12.5. The third-order valence-electron chi connectivity index (χ3n) is 9.84. The van der Waals surface area contributed by atoms with Gasteiger partial charge in [-0.05, 0) is 104 Å². The van der Waals surface area contributed by atoms with E-state index < -0.39 is 10.5 Å². The Morgan fingerprint density at radius 1 is 1.06 bits per heavy atom. The highest BCUT2D eigenvalue weighted by Gasteiger charge is 2.65. The second-order valence-electron chi connectivity index (χ2n) is 11.4. The molecule has 1 heterocycles. The van der Waals surface area contributed by atoms with Crippen molar-refractivity contribution in [2.24, 2.45) is 23.2 Å². The molecule has 7 atom stereocenters. The van der Waals surface area contributed by atoms with Gasteiger partial charge in [0, 0.05) is 17.5 Å². The van der Waals surface area contributed by atoms with Crippen molar-refractivity contribution in [3.05, 3.63) is 48.2 Å². The van der Waals surface area contributed by atoms with Gasteiger partial charge in [-0.15, -0.1) is 11.6 Å². The van der Waals surface area contributed by atoms with E-state index in [1.54, 1.807) is 0 Å². The Balaban J connectivity index is 1.35. The summed E-state index contributed by atoms with van der Waals surface area (Å²) in [5.41, 5.74) is 2.72. The van der Waals surface area contributed by atoms with Gasteiger partial charge < -0.3 is 10.2 Å². The number of fused-ring (bicyclic) bond motifs is 5. The fraction of sp³-hybridized carbons (Fsp3) is 0.607. The van der Waals surface area contributed by atoms with Crippen LogP contribution in [0.15, 0.2) is 42.6 Å². The Morgan fingerprint density at radius 2 is 1.94 bits per heavy atom. The number of aliphatic hydroxyl groups excluding tert-OH is 1. The van der Waals surface area contributed by atoms with Crippen LogP contribution in [0.25, 0.3) is 16.5 Å². The van der Waals surface area contributed by atoms with Crippen molar-refractivity contribution >= 4 is 28.1 Å². The quantitative estimate of drug-likeness (QED) is 0.514. The van der Waals surface area contributed by atoms with E-state index in [2.05, 4.69) is 42.2 Å². The molecule has 6 unspecified atom stereocenters. The first-order valence-corrected chi connectivity index (χ1v) is 12.9. The summed E-state index contributed by atoms with van der Waals surface area (Å²) in [5, 5.41) is 23.8. The zero-order valence-electron chi connectivity index (χ0n) is 18.9. The molecule has 2 N–H and O–H groups in total. The summed E-state index contributed by atoms with van der Waals surface area (Å²) in [6.07, 6.45) is 12.2. The van der Waals surface area contributed by atoms with Gasteiger partial charge in [0.2, 0.25) is 0 Å². The highest BCUT2D eigenvalue weighted by Crippen LogP contribution is 2.67. The van der Waals surface area contributed by atoms with E-state index in [9.17, 15) is 10.2 Å². The second kappa shape index (κ2) is 7.29. The molecule has 1 aromatic carbocycles. The molecule has 32 heavy (non-hydrogen) atoms. The molecule has 0 radical (unpaired) electrons. The third kappa shape index (κ3) is 2.97. The Bertz CT molecular complexity index is 1080. The summed E-state index contributed by atoms with van der Waals surface area (Å²) in [6, 6.07) is 10.7. The maximum absolute atomic E-state index is 12.4. The summed E-state index contributed by atoms with van der Waals surface area (Å²) < 4.78 is 0. The van der Waals surface area contributed by atoms with Gasteiger partial charge in [-0.25, -0.2) is 0 Å². The molecule has 0 saturated heterocycles. The number of aliphatic hydroxyl groups is 2. The fourth-order valence-corrected chi connectivity index (χ4v) is 8.57. The molecule has 170 valence electrons. The molecule has 1 aromatic heterocycles. The average Bonchev–Trinajstić information content (AvgIpc) is 3.09. The first kappa shape index (κ1) is 21.1. The number of allylic oxidation sites excluding steroid dienone is 2. The van der Waals surface area contributed by atoms with Gasteiger partial charge in [-0.1, -0.05) is 25.1 Å². The predicted octanol–water partition coefficient (Wildman–Crippen LogP) is 6.11. The van der Waals surface area contributed by atoms with Crippen LogP contribution in [0.5, 0.6) is 0 Å². The highest BCUT2D eigenvalue weighted by molar-refractivity contribution is 6.25. The van der Waals surface area contributed by atoms with E-state index in [0.717, 1.165) is 68.7 Å². The van der Waals surface area contributed by atoms with Gasteiger partial charge in [0.15, 0.2) is 0 Å². The standard InChI is InChI=1S/C28H34ClNO2/c1-26-12-13-27(29)17-21-16-22(31)6-4-18(21)10-11-28(27,32)25(26)9-7-23(26)19-5-8-24-20(15-19)3-2-14-30-24/h2-3,5,7-8,14-15,18,21-22,25,31-32H,4,6,9-13,16-17H2,1H3/t18?,21?,22?,25?,26?,27?,28-/m0/s1. The molecule has 4 aliphatic carbocycles.